The Hall–Kier alpha value is -1.66. The fourth-order valence-corrected chi connectivity index (χ4v) is 2.12. The SMILES string of the molecule is NCCNc1cnn(Cc2cccc(Br)c2)c(=O)c1. The van der Waals surface area contributed by atoms with E-state index in [4.69, 9.17) is 5.73 Å². The Morgan fingerprint density at radius 1 is 1.37 bits per heavy atom. The number of nitrogens with one attached hydrogen (secondary N) is 1. The molecule has 2 rings (SSSR count). The van der Waals surface area contributed by atoms with E-state index in [0.29, 0.717) is 25.3 Å². The van der Waals surface area contributed by atoms with Crippen LogP contribution < -0.4 is 16.6 Å². The molecule has 0 spiro atoms. The van der Waals surface area contributed by atoms with Crippen molar-refractivity contribution in [3.8, 4) is 0 Å². The lowest BCUT2D eigenvalue weighted by molar-refractivity contribution is 0.639. The van der Waals surface area contributed by atoms with Crippen LogP contribution in [0.2, 0.25) is 0 Å². The third-order valence-electron chi connectivity index (χ3n) is 2.56. The van der Waals surface area contributed by atoms with Crippen LogP contribution in [0.4, 0.5) is 5.69 Å². The maximum atomic E-state index is 11.9. The fraction of sp³-hybridized carbons (Fsp3) is 0.231. The van der Waals surface area contributed by atoms with Crippen molar-refractivity contribution in [3.05, 3.63) is 56.9 Å². The number of hydrogen-bond acceptors (Lipinski definition) is 4. The van der Waals surface area contributed by atoms with Crippen LogP contribution in [0, 0.1) is 0 Å². The van der Waals surface area contributed by atoms with Crippen LogP contribution in [0.3, 0.4) is 0 Å². The van der Waals surface area contributed by atoms with Crippen molar-refractivity contribution in [2.24, 2.45) is 5.73 Å². The summed E-state index contributed by atoms with van der Waals surface area (Å²) in [6.07, 6.45) is 1.63. The van der Waals surface area contributed by atoms with Crippen molar-refractivity contribution < 1.29 is 0 Å². The summed E-state index contributed by atoms with van der Waals surface area (Å²) in [6.45, 7) is 1.59. The molecule has 0 radical (unpaired) electrons. The number of nitrogens with two attached hydrogens (primary N) is 1. The second-order valence-corrected chi connectivity index (χ2v) is 5.00. The number of aromatic nitrogens is 2. The lowest BCUT2D eigenvalue weighted by atomic mass is 10.2. The monoisotopic (exact) mass is 322 g/mol. The van der Waals surface area contributed by atoms with E-state index in [0.717, 1.165) is 10.0 Å². The minimum atomic E-state index is -0.137. The number of hydrogen-bond donors (Lipinski definition) is 2. The molecule has 0 fully saturated rings. The average Bonchev–Trinajstić information content (AvgIpc) is 2.39. The molecule has 0 saturated heterocycles. The molecule has 0 amide bonds. The van der Waals surface area contributed by atoms with Gasteiger partial charge in [-0.1, -0.05) is 28.1 Å². The summed E-state index contributed by atoms with van der Waals surface area (Å²) in [7, 11) is 0. The third kappa shape index (κ3) is 3.90. The van der Waals surface area contributed by atoms with Gasteiger partial charge in [-0.15, -0.1) is 0 Å². The van der Waals surface area contributed by atoms with Gasteiger partial charge in [0.05, 0.1) is 18.4 Å². The molecule has 3 N–H and O–H groups in total. The van der Waals surface area contributed by atoms with Crippen molar-refractivity contribution in [3.63, 3.8) is 0 Å². The minimum Gasteiger partial charge on any atom is -0.382 e. The van der Waals surface area contributed by atoms with Crippen LogP contribution in [0.1, 0.15) is 5.56 Å². The van der Waals surface area contributed by atoms with E-state index in [2.05, 4.69) is 26.3 Å². The largest absolute Gasteiger partial charge is 0.382 e. The second-order valence-electron chi connectivity index (χ2n) is 4.09. The molecule has 0 aliphatic rings. The van der Waals surface area contributed by atoms with Gasteiger partial charge < -0.3 is 11.1 Å². The summed E-state index contributed by atoms with van der Waals surface area (Å²) in [5.41, 5.74) is 6.97. The highest BCUT2D eigenvalue weighted by molar-refractivity contribution is 9.10. The van der Waals surface area contributed by atoms with Crippen LogP contribution in [0.25, 0.3) is 0 Å². The van der Waals surface area contributed by atoms with Gasteiger partial charge in [0.15, 0.2) is 0 Å². The number of benzene rings is 1. The highest BCUT2D eigenvalue weighted by Crippen LogP contribution is 2.12. The molecule has 1 heterocycles. The van der Waals surface area contributed by atoms with Gasteiger partial charge in [-0.05, 0) is 17.7 Å². The Labute approximate surface area is 119 Å². The van der Waals surface area contributed by atoms with Crippen molar-refractivity contribution >= 4 is 21.6 Å². The maximum Gasteiger partial charge on any atom is 0.269 e. The predicted octanol–water partition coefficient (Wildman–Crippen LogP) is 1.42. The lowest BCUT2D eigenvalue weighted by Gasteiger charge is -2.07. The zero-order valence-electron chi connectivity index (χ0n) is 10.3. The Morgan fingerprint density at radius 3 is 2.89 bits per heavy atom. The summed E-state index contributed by atoms with van der Waals surface area (Å²) < 4.78 is 2.41. The summed E-state index contributed by atoms with van der Waals surface area (Å²) in [6, 6.07) is 9.33. The Balaban J connectivity index is 2.15. The zero-order valence-corrected chi connectivity index (χ0v) is 11.9. The van der Waals surface area contributed by atoms with Crippen LogP contribution in [-0.2, 0) is 6.54 Å². The number of nitrogens with zero attached hydrogens (tertiary/aromatic N) is 2. The molecule has 5 nitrogen and oxygen atoms in total. The van der Waals surface area contributed by atoms with Gasteiger partial charge in [-0.25, -0.2) is 4.68 Å². The van der Waals surface area contributed by atoms with E-state index < -0.39 is 0 Å². The van der Waals surface area contributed by atoms with Gasteiger partial charge >= 0.3 is 0 Å². The Bertz CT molecular complexity index is 612. The van der Waals surface area contributed by atoms with Gasteiger partial charge in [0, 0.05) is 23.6 Å². The number of rotatable bonds is 5. The first-order valence-electron chi connectivity index (χ1n) is 5.94. The summed E-state index contributed by atoms with van der Waals surface area (Å²) in [5.74, 6) is 0. The van der Waals surface area contributed by atoms with E-state index in [-0.39, 0.29) is 5.56 Å². The quantitative estimate of drug-likeness (QED) is 0.873. The molecule has 19 heavy (non-hydrogen) atoms. The topological polar surface area (TPSA) is 72.9 Å². The molecule has 0 atom stereocenters. The van der Waals surface area contributed by atoms with Crippen molar-refractivity contribution in [2.45, 2.75) is 6.54 Å². The second kappa shape index (κ2) is 6.49. The lowest BCUT2D eigenvalue weighted by Crippen LogP contribution is -2.24. The minimum absolute atomic E-state index is 0.137. The third-order valence-corrected chi connectivity index (χ3v) is 3.06. The van der Waals surface area contributed by atoms with Crippen LogP contribution >= 0.6 is 15.9 Å². The van der Waals surface area contributed by atoms with E-state index in [1.54, 1.807) is 6.20 Å². The first-order chi connectivity index (χ1) is 9.19. The van der Waals surface area contributed by atoms with Crippen LogP contribution in [0.15, 0.2) is 45.8 Å². The smallest absolute Gasteiger partial charge is 0.269 e. The zero-order chi connectivity index (χ0) is 13.7. The van der Waals surface area contributed by atoms with Crippen molar-refractivity contribution in [1.82, 2.24) is 9.78 Å². The standard InChI is InChI=1S/C13H15BrN4O/c14-11-3-1-2-10(6-11)9-18-13(19)7-12(8-17-18)16-5-4-15/h1-3,6-8,16H,4-5,9,15H2. The molecule has 6 heteroatoms. The molecular formula is C13H15BrN4O. The van der Waals surface area contributed by atoms with Gasteiger partial charge in [-0.3, -0.25) is 4.79 Å². The molecule has 0 saturated carbocycles. The maximum absolute atomic E-state index is 11.9. The molecule has 1 aromatic carbocycles. The van der Waals surface area contributed by atoms with Crippen molar-refractivity contribution in [1.29, 1.82) is 0 Å². The van der Waals surface area contributed by atoms with Crippen LogP contribution in [0.5, 0.6) is 0 Å². The molecule has 1 aromatic heterocycles. The molecule has 0 unspecified atom stereocenters. The Kier molecular flexibility index (Phi) is 4.70. The summed E-state index contributed by atoms with van der Waals surface area (Å²) in [5, 5.41) is 7.17. The van der Waals surface area contributed by atoms with E-state index in [1.807, 2.05) is 24.3 Å². The fourth-order valence-electron chi connectivity index (χ4n) is 1.67. The summed E-state index contributed by atoms with van der Waals surface area (Å²) in [4.78, 5) is 11.9. The number of anilines is 1. The predicted molar refractivity (Wildman–Crippen MR) is 79.3 cm³/mol. The average molecular weight is 323 g/mol. The highest BCUT2D eigenvalue weighted by atomic mass is 79.9. The molecule has 0 aliphatic heterocycles. The first-order valence-corrected chi connectivity index (χ1v) is 6.74. The molecule has 0 bridgehead atoms. The van der Waals surface area contributed by atoms with E-state index in [9.17, 15) is 4.79 Å². The normalized spacial score (nSPS) is 10.4. The molecule has 0 aliphatic carbocycles. The molecule has 2 aromatic rings. The van der Waals surface area contributed by atoms with Crippen molar-refractivity contribution in [2.75, 3.05) is 18.4 Å². The molecular weight excluding hydrogens is 308 g/mol. The van der Waals surface area contributed by atoms with E-state index >= 15 is 0 Å². The van der Waals surface area contributed by atoms with E-state index in [1.165, 1.54) is 10.7 Å². The Morgan fingerprint density at radius 2 is 2.21 bits per heavy atom. The summed E-state index contributed by atoms with van der Waals surface area (Å²) >= 11 is 3.40. The highest BCUT2D eigenvalue weighted by Gasteiger charge is 2.01. The first kappa shape index (κ1) is 13.8. The van der Waals surface area contributed by atoms with Gasteiger partial charge in [0.25, 0.3) is 5.56 Å². The van der Waals surface area contributed by atoms with Gasteiger partial charge in [0.1, 0.15) is 0 Å². The van der Waals surface area contributed by atoms with Crippen LogP contribution in [-0.4, -0.2) is 22.9 Å². The van der Waals surface area contributed by atoms with Gasteiger partial charge in [0.2, 0.25) is 0 Å². The van der Waals surface area contributed by atoms with Gasteiger partial charge in [-0.2, -0.15) is 5.10 Å². The molecule has 100 valence electrons. The number of halogens is 1.